The molecule has 1 heterocycles. The van der Waals surface area contributed by atoms with Crippen LogP contribution in [-0.2, 0) is 4.74 Å². The van der Waals surface area contributed by atoms with Crippen LogP contribution in [0.4, 0.5) is 0 Å². The first kappa shape index (κ1) is 6.62. The normalized spacial score (nSPS) is 56.7. The zero-order valence-electron chi connectivity index (χ0n) is 4.89. The van der Waals surface area contributed by atoms with E-state index in [9.17, 15) is 0 Å². The number of fused-ring (bicyclic) bond motifs is 1. The van der Waals surface area contributed by atoms with Gasteiger partial charge in [0.05, 0.1) is 12.2 Å². The van der Waals surface area contributed by atoms with Crippen LogP contribution >= 0.6 is 31.9 Å². The van der Waals surface area contributed by atoms with Crippen LogP contribution in [0.15, 0.2) is 0 Å². The van der Waals surface area contributed by atoms with E-state index in [-0.39, 0.29) is 0 Å². The van der Waals surface area contributed by atoms with Crippen molar-refractivity contribution < 1.29 is 4.74 Å². The Morgan fingerprint density at radius 3 is 1.89 bits per heavy atom. The monoisotopic (exact) mass is 254 g/mol. The molecule has 1 aliphatic carbocycles. The summed E-state index contributed by atoms with van der Waals surface area (Å²) in [4.78, 5) is 1.24. The summed E-state index contributed by atoms with van der Waals surface area (Å²) in [6.45, 7) is 0. The Morgan fingerprint density at radius 1 is 1.00 bits per heavy atom. The van der Waals surface area contributed by atoms with E-state index in [4.69, 9.17) is 4.74 Å². The number of rotatable bonds is 0. The Bertz CT molecular complexity index is 114. The van der Waals surface area contributed by atoms with Gasteiger partial charge in [-0.3, -0.25) is 0 Å². The molecular weight excluding hydrogens is 248 g/mol. The molecule has 2 fully saturated rings. The van der Waals surface area contributed by atoms with Crippen molar-refractivity contribution in [2.24, 2.45) is 0 Å². The molecule has 52 valence electrons. The molecule has 0 radical (unpaired) electrons. The summed E-state index contributed by atoms with van der Waals surface area (Å²) < 4.78 is 5.41. The molecule has 3 heteroatoms. The molecule has 0 aromatic rings. The van der Waals surface area contributed by atoms with E-state index in [0.717, 1.165) is 0 Å². The van der Waals surface area contributed by atoms with Crippen molar-refractivity contribution in [1.29, 1.82) is 0 Å². The molecule has 0 aromatic carbocycles. The molecule has 1 aliphatic heterocycles. The van der Waals surface area contributed by atoms with Gasteiger partial charge in [-0.25, -0.2) is 0 Å². The minimum atomic E-state index is 0.517. The quantitative estimate of drug-likeness (QED) is 0.477. The minimum Gasteiger partial charge on any atom is -0.367 e. The van der Waals surface area contributed by atoms with E-state index >= 15 is 0 Å². The van der Waals surface area contributed by atoms with E-state index < -0.39 is 0 Å². The summed E-state index contributed by atoms with van der Waals surface area (Å²) in [6, 6.07) is 0. The third-order valence-electron chi connectivity index (χ3n) is 1.99. The van der Waals surface area contributed by atoms with Gasteiger partial charge in [0.15, 0.2) is 0 Å². The SMILES string of the molecule is Br[C@H]1CC[C@H](Br)C2OC21. The van der Waals surface area contributed by atoms with E-state index in [2.05, 4.69) is 31.9 Å². The molecule has 0 N–H and O–H groups in total. The first-order valence-corrected chi connectivity index (χ1v) is 5.06. The summed E-state index contributed by atoms with van der Waals surface area (Å²) in [7, 11) is 0. The highest BCUT2D eigenvalue weighted by molar-refractivity contribution is 9.10. The molecule has 9 heavy (non-hydrogen) atoms. The highest BCUT2D eigenvalue weighted by Crippen LogP contribution is 2.43. The highest BCUT2D eigenvalue weighted by atomic mass is 79.9. The van der Waals surface area contributed by atoms with Gasteiger partial charge in [-0.15, -0.1) is 0 Å². The lowest BCUT2D eigenvalue weighted by Crippen LogP contribution is -2.23. The van der Waals surface area contributed by atoms with Crippen molar-refractivity contribution in [2.75, 3.05) is 0 Å². The van der Waals surface area contributed by atoms with Gasteiger partial charge in [0, 0.05) is 9.65 Å². The maximum absolute atomic E-state index is 5.41. The van der Waals surface area contributed by atoms with Crippen LogP contribution in [0.3, 0.4) is 0 Å². The van der Waals surface area contributed by atoms with E-state index in [0.29, 0.717) is 21.9 Å². The molecule has 1 saturated heterocycles. The van der Waals surface area contributed by atoms with Crippen molar-refractivity contribution in [3.05, 3.63) is 0 Å². The number of ether oxygens (including phenoxy) is 1. The predicted molar refractivity (Wildman–Crippen MR) is 43.3 cm³/mol. The van der Waals surface area contributed by atoms with Gasteiger partial charge in [0.25, 0.3) is 0 Å². The van der Waals surface area contributed by atoms with Gasteiger partial charge in [-0.1, -0.05) is 31.9 Å². The van der Waals surface area contributed by atoms with Gasteiger partial charge in [-0.05, 0) is 12.8 Å². The van der Waals surface area contributed by atoms with Gasteiger partial charge in [-0.2, -0.15) is 0 Å². The van der Waals surface area contributed by atoms with Crippen molar-refractivity contribution >= 4 is 31.9 Å². The number of hydrogen-bond acceptors (Lipinski definition) is 1. The average molecular weight is 256 g/mol. The van der Waals surface area contributed by atoms with Crippen LogP contribution in [-0.4, -0.2) is 21.9 Å². The lowest BCUT2D eigenvalue weighted by atomic mass is 10.0. The van der Waals surface area contributed by atoms with Crippen LogP contribution in [0.1, 0.15) is 12.8 Å². The molecule has 0 amide bonds. The van der Waals surface area contributed by atoms with Crippen molar-refractivity contribution in [3.63, 3.8) is 0 Å². The molecule has 1 nitrogen and oxygen atoms in total. The average Bonchev–Trinajstić information content (AvgIpc) is 2.57. The van der Waals surface area contributed by atoms with E-state index in [1.54, 1.807) is 0 Å². The molecule has 0 bridgehead atoms. The lowest BCUT2D eigenvalue weighted by molar-refractivity contribution is 0.379. The summed E-state index contributed by atoms with van der Waals surface area (Å²) >= 11 is 7.15. The Morgan fingerprint density at radius 2 is 1.44 bits per heavy atom. The Labute approximate surface area is 71.4 Å². The molecule has 0 aromatic heterocycles. The molecule has 2 unspecified atom stereocenters. The topological polar surface area (TPSA) is 12.5 Å². The zero-order chi connectivity index (χ0) is 6.43. The summed E-state index contributed by atoms with van der Waals surface area (Å²) in [5, 5.41) is 0. The summed E-state index contributed by atoms with van der Waals surface area (Å²) in [6.07, 6.45) is 3.53. The minimum absolute atomic E-state index is 0.517. The van der Waals surface area contributed by atoms with E-state index in [1.807, 2.05) is 0 Å². The molecular formula is C6H8Br2O. The lowest BCUT2D eigenvalue weighted by Gasteiger charge is -2.15. The highest BCUT2D eigenvalue weighted by Gasteiger charge is 2.50. The number of halogens is 2. The second-order valence-corrected chi connectivity index (χ2v) is 5.03. The largest absolute Gasteiger partial charge is 0.367 e. The third-order valence-corrected chi connectivity index (χ3v) is 3.95. The first-order valence-electron chi connectivity index (χ1n) is 3.22. The van der Waals surface area contributed by atoms with Crippen molar-refractivity contribution in [3.8, 4) is 0 Å². The Kier molecular flexibility index (Phi) is 1.62. The molecule has 2 aliphatic rings. The van der Waals surface area contributed by atoms with Gasteiger partial charge < -0.3 is 4.74 Å². The fourth-order valence-electron chi connectivity index (χ4n) is 1.37. The second kappa shape index (κ2) is 2.21. The standard InChI is InChI=1S/C6H8Br2O/c7-3-1-2-4(8)6-5(3)9-6/h3-6H,1-2H2/t3-,4-,5?,6?/m0/s1. The number of epoxide rings is 1. The first-order chi connectivity index (χ1) is 4.29. The maximum atomic E-state index is 5.41. The fraction of sp³-hybridized carbons (Fsp3) is 1.00. The fourth-order valence-corrected chi connectivity index (χ4v) is 2.74. The molecule has 4 atom stereocenters. The molecule has 0 spiro atoms. The van der Waals surface area contributed by atoms with Crippen LogP contribution in [0.5, 0.6) is 0 Å². The Balaban J connectivity index is 2.01. The Hall–Kier alpha value is 0.920. The molecule has 2 rings (SSSR count). The third kappa shape index (κ3) is 1.08. The van der Waals surface area contributed by atoms with Crippen LogP contribution < -0.4 is 0 Å². The smallest absolute Gasteiger partial charge is 0.0978 e. The van der Waals surface area contributed by atoms with E-state index in [1.165, 1.54) is 12.8 Å². The van der Waals surface area contributed by atoms with Gasteiger partial charge in [0.1, 0.15) is 0 Å². The molecule has 1 saturated carbocycles. The van der Waals surface area contributed by atoms with Crippen LogP contribution in [0.25, 0.3) is 0 Å². The van der Waals surface area contributed by atoms with Crippen LogP contribution in [0, 0.1) is 0 Å². The predicted octanol–water partition coefficient (Wildman–Crippen LogP) is 2.07. The second-order valence-electron chi connectivity index (χ2n) is 2.67. The van der Waals surface area contributed by atoms with Crippen molar-refractivity contribution in [1.82, 2.24) is 0 Å². The summed E-state index contributed by atoms with van der Waals surface area (Å²) in [5.74, 6) is 0. The number of hydrogen-bond donors (Lipinski definition) is 0. The van der Waals surface area contributed by atoms with Gasteiger partial charge >= 0.3 is 0 Å². The number of alkyl halides is 2. The van der Waals surface area contributed by atoms with Crippen LogP contribution in [0.2, 0.25) is 0 Å². The maximum Gasteiger partial charge on any atom is 0.0978 e. The summed E-state index contributed by atoms with van der Waals surface area (Å²) in [5.41, 5.74) is 0. The van der Waals surface area contributed by atoms with Gasteiger partial charge in [0.2, 0.25) is 0 Å². The zero-order valence-corrected chi connectivity index (χ0v) is 8.06. The van der Waals surface area contributed by atoms with Crippen molar-refractivity contribution in [2.45, 2.75) is 34.7 Å².